The molecular weight excluding hydrogens is 402 g/mol. The summed E-state index contributed by atoms with van der Waals surface area (Å²) < 4.78 is 7.45. The highest BCUT2D eigenvalue weighted by Gasteiger charge is 2.34. The maximum Gasteiger partial charge on any atom is 0.340 e. The molecule has 8 nitrogen and oxygen atoms in total. The summed E-state index contributed by atoms with van der Waals surface area (Å²) in [6, 6.07) is 6.96. The molecule has 1 heterocycles. The summed E-state index contributed by atoms with van der Waals surface area (Å²) >= 11 is 1.23. The van der Waals surface area contributed by atoms with Gasteiger partial charge in [0.25, 0.3) is 0 Å². The molecule has 3 rings (SSSR count). The Morgan fingerprint density at radius 1 is 1.30 bits per heavy atom. The van der Waals surface area contributed by atoms with Crippen LogP contribution in [0.3, 0.4) is 0 Å². The normalized spacial score (nSPS) is 21.4. The third kappa shape index (κ3) is 5.59. The van der Waals surface area contributed by atoms with Crippen LogP contribution < -0.4 is 5.32 Å². The number of nitrogens with zero attached hydrogens (tertiary/aromatic N) is 4. The summed E-state index contributed by atoms with van der Waals surface area (Å²) in [5.74, 6) is 0.864. The van der Waals surface area contributed by atoms with Crippen molar-refractivity contribution < 1.29 is 14.3 Å². The van der Waals surface area contributed by atoms with E-state index in [2.05, 4.69) is 41.6 Å². The summed E-state index contributed by atoms with van der Waals surface area (Å²) in [4.78, 5) is 25.4. The maximum atomic E-state index is 13.0. The number of carbonyl (C=O) groups excluding carboxylic acids is 2. The fourth-order valence-corrected chi connectivity index (χ4v) is 4.53. The topological polar surface area (TPSA) is 99.0 Å². The van der Waals surface area contributed by atoms with E-state index >= 15 is 0 Å². The van der Waals surface area contributed by atoms with E-state index in [-0.39, 0.29) is 23.7 Å². The highest BCUT2D eigenvalue weighted by atomic mass is 32.2. The van der Waals surface area contributed by atoms with E-state index in [0.29, 0.717) is 34.2 Å². The Labute approximate surface area is 181 Å². The first kappa shape index (κ1) is 22.3. The van der Waals surface area contributed by atoms with E-state index in [1.165, 1.54) is 22.9 Å². The summed E-state index contributed by atoms with van der Waals surface area (Å²) in [5, 5.41) is 14.5. The zero-order valence-electron chi connectivity index (χ0n) is 17.9. The summed E-state index contributed by atoms with van der Waals surface area (Å²) in [5.41, 5.74) is 0.825. The molecule has 1 N–H and O–H groups in total. The van der Waals surface area contributed by atoms with Gasteiger partial charge in [0, 0.05) is 7.05 Å². The number of anilines is 1. The summed E-state index contributed by atoms with van der Waals surface area (Å²) in [6.07, 6.45) is 3.03. The van der Waals surface area contributed by atoms with Crippen LogP contribution in [0.15, 0.2) is 29.4 Å². The van der Waals surface area contributed by atoms with Crippen molar-refractivity contribution >= 4 is 29.3 Å². The molecule has 1 aliphatic carbocycles. The highest BCUT2D eigenvalue weighted by Crippen LogP contribution is 2.36. The second-order valence-electron chi connectivity index (χ2n) is 8.24. The lowest BCUT2D eigenvalue weighted by Crippen LogP contribution is -2.36. The van der Waals surface area contributed by atoms with E-state index in [1.807, 2.05) is 0 Å². The molecule has 0 aliphatic heterocycles. The third-order valence-corrected chi connectivity index (χ3v) is 6.57. The second-order valence-corrected chi connectivity index (χ2v) is 9.18. The number of esters is 1. The van der Waals surface area contributed by atoms with Crippen LogP contribution in [0.25, 0.3) is 0 Å². The van der Waals surface area contributed by atoms with E-state index in [4.69, 9.17) is 4.74 Å². The number of para-hydroxylation sites is 1. The summed E-state index contributed by atoms with van der Waals surface area (Å²) in [6.45, 7) is 6.57. The van der Waals surface area contributed by atoms with Crippen LogP contribution in [-0.2, 0) is 16.6 Å². The Kier molecular flexibility index (Phi) is 7.47. The highest BCUT2D eigenvalue weighted by molar-refractivity contribution is 7.99. The van der Waals surface area contributed by atoms with Crippen LogP contribution in [0.5, 0.6) is 0 Å². The van der Waals surface area contributed by atoms with Crippen LogP contribution in [0, 0.1) is 17.8 Å². The van der Waals surface area contributed by atoms with Crippen LogP contribution in [0.2, 0.25) is 0 Å². The van der Waals surface area contributed by atoms with Gasteiger partial charge in [0.15, 0.2) is 0 Å². The molecule has 162 valence electrons. The maximum absolute atomic E-state index is 13.0. The predicted molar refractivity (Wildman–Crippen MR) is 115 cm³/mol. The molecule has 1 amide bonds. The van der Waals surface area contributed by atoms with Crippen molar-refractivity contribution in [2.45, 2.75) is 51.3 Å². The minimum atomic E-state index is -0.388. The van der Waals surface area contributed by atoms with Crippen molar-refractivity contribution in [1.29, 1.82) is 0 Å². The van der Waals surface area contributed by atoms with Gasteiger partial charge < -0.3 is 10.1 Å². The van der Waals surface area contributed by atoms with Crippen LogP contribution in [0.4, 0.5) is 5.69 Å². The Balaban J connectivity index is 1.65. The minimum Gasteiger partial charge on any atom is -0.458 e. The van der Waals surface area contributed by atoms with Gasteiger partial charge in [0.2, 0.25) is 11.1 Å². The number of hydrogen-bond acceptors (Lipinski definition) is 7. The van der Waals surface area contributed by atoms with Gasteiger partial charge in [0.05, 0.1) is 17.0 Å². The molecule has 1 aromatic carbocycles. The van der Waals surface area contributed by atoms with Gasteiger partial charge in [-0.15, -0.1) is 5.10 Å². The summed E-state index contributed by atoms with van der Waals surface area (Å²) in [7, 11) is 1.71. The van der Waals surface area contributed by atoms with E-state index in [9.17, 15) is 9.59 Å². The lowest BCUT2D eigenvalue weighted by molar-refractivity contribution is -0.113. The molecule has 0 unspecified atom stereocenters. The van der Waals surface area contributed by atoms with Crippen LogP contribution in [0.1, 0.15) is 50.4 Å². The standard InChI is InChI=1S/C21H29N5O3S/c1-13(2)15-10-9-14(3)11-18(15)29-20(28)16-7-5-6-8-17(16)22-19(27)12-30-21-23-24-25-26(21)4/h5-8,13-15,18H,9-12H2,1-4H3,(H,22,27)/t14-,15+,18+/m1/s1. The van der Waals surface area contributed by atoms with Crippen molar-refractivity contribution in [1.82, 2.24) is 20.2 Å². The molecule has 1 aliphatic rings. The van der Waals surface area contributed by atoms with Crippen molar-refractivity contribution in [3.63, 3.8) is 0 Å². The van der Waals surface area contributed by atoms with E-state index in [0.717, 1.165) is 12.8 Å². The Bertz CT molecular complexity index is 885. The first-order chi connectivity index (χ1) is 14.3. The van der Waals surface area contributed by atoms with Gasteiger partial charge in [-0.2, -0.15) is 0 Å². The first-order valence-corrected chi connectivity index (χ1v) is 11.3. The zero-order valence-corrected chi connectivity index (χ0v) is 18.7. The average Bonchev–Trinajstić information content (AvgIpc) is 3.11. The SMILES string of the molecule is CC(C)[C@@H]1CC[C@@H](C)C[C@@H]1OC(=O)c1ccccc1NC(=O)CSc1nnnn1C. The van der Waals surface area contributed by atoms with Crippen LogP contribution in [-0.4, -0.2) is 43.9 Å². The van der Waals surface area contributed by atoms with Crippen molar-refractivity contribution in [2.75, 3.05) is 11.1 Å². The zero-order chi connectivity index (χ0) is 21.7. The fraction of sp³-hybridized carbons (Fsp3) is 0.571. The Morgan fingerprint density at radius 2 is 2.07 bits per heavy atom. The van der Waals surface area contributed by atoms with Gasteiger partial charge in [-0.3, -0.25) is 4.79 Å². The molecule has 9 heteroatoms. The number of rotatable bonds is 7. The number of hydrogen-bond donors (Lipinski definition) is 1. The van der Waals surface area contributed by atoms with E-state index in [1.54, 1.807) is 31.3 Å². The number of carbonyl (C=O) groups is 2. The molecule has 0 radical (unpaired) electrons. The lowest BCUT2D eigenvalue weighted by atomic mass is 9.75. The molecule has 30 heavy (non-hydrogen) atoms. The molecular formula is C21H29N5O3S. The monoisotopic (exact) mass is 431 g/mol. The largest absolute Gasteiger partial charge is 0.458 e. The molecule has 2 aromatic rings. The quantitative estimate of drug-likeness (QED) is 0.528. The van der Waals surface area contributed by atoms with Crippen molar-refractivity contribution in [3.8, 4) is 0 Å². The average molecular weight is 432 g/mol. The number of ether oxygens (including phenoxy) is 1. The fourth-order valence-electron chi connectivity index (χ4n) is 3.88. The number of thioether (sulfide) groups is 1. The molecule has 3 atom stereocenters. The number of nitrogens with one attached hydrogen (secondary N) is 1. The van der Waals surface area contributed by atoms with Gasteiger partial charge in [0.1, 0.15) is 6.10 Å². The van der Waals surface area contributed by atoms with Gasteiger partial charge in [-0.25, -0.2) is 9.48 Å². The molecule has 1 aromatic heterocycles. The third-order valence-electron chi connectivity index (χ3n) is 5.55. The van der Waals surface area contributed by atoms with Crippen molar-refractivity contribution in [2.24, 2.45) is 24.8 Å². The lowest BCUT2D eigenvalue weighted by Gasteiger charge is -2.36. The molecule has 1 saturated carbocycles. The first-order valence-electron chi connectivity index (χ1n) is 10.3. The van der Waals surface area contributed by atoms with Crippen molar-refractivity contribution in [3.05, 3.63) is 29.8 Å². The predicted octanol–water partition coefficient (Wildman–Crippen LogP) is 3.56. The van der Waals surface area contributed by atoms with Gasteiger partial charge >= 0.3 is 5.97 Å². The second kappa shape index (κ2) is 10.1. The van der Waals surface area contributed by atoms with E-state index < -0.39 is 0 Å². The number of aryl methyl sites for hydroxylation is 1. The number of benzene rings is 1. The van der Waals surface area contributed by atoms with Crippen LogP contribution >= 0.6 is 11.8 Å². The van der Waals surface area contributed by atoms with Gasteiger partial charge in [-0.05, 0) is 53.2 Å². The molecule has 0 bridgehead atoms. The minimum absolute atomic E-state index is 0.0935. The molecule has 0 saturated heterocycles. The molecule has 0 spiro atoms. The van der Waals surface area contributed by atoms with Gasteiger partial charge in [-0.1, -0.05) is 51.1 Å². The number of aromatic nitrogens is 4. The number of tetrazole rings is 1. The smallest absolute Gasteiger partial charge is 0.340 e. The molecule has 1 fully saturated rings. The number of amides is 1. The Morgan fingerprint density at radius 3 is 2.77 bits per heavy atom. The Hall–Kier alpha value is -2.42.